The van der Waals surface area contributed by atoms with Gasteiger partial charge < -0.3 is 9.94 Å². The van der Waals surface area contributed by atoms with Crippen molar-refractivity contribution in [2.45, 2.75) is 19.4 Å². The molecule has 0 bridgehead atoms. The van der Waals surface area contributed by atoms with E-state index in [1.807, 2.05) is 38.1 Å². The molecule has 0 spiro atoms. The van der Waals surface area contributed by atoms with E-state index in [1.54, 1.807) is 7.11 Å². The van der Waals surface area contributed by atoms with Crippen molar-refractivity contribution in [2.75, 3.05) is 12.4 Å². The Morgan fingerprint density at radius 1 is 1.44 bits per heavy atom. The molecule has 0 amide bonds. The first-order chi connectivity index (χ1) is 7.56. The fourth-order valence-corrected chi connectivity index (χ4v) is 1.94. The van der Waals surface area contributed by atoms with Crippen LogP contribution >= 0.6 is 15.9 Å². The molecule has 16 heavy (non-hydrogen) atoms. The second-order valence-corrected chi connectivity index (χ2v) is 4.50. The van der Waals surface area contributed by atoms with E-state index in [-0.39, 0.29) is 0 Å². The Morgan fingerprint density at radius 2 is 2.06 bits per heavy atom. The molecule has 3 nitrogen and oxygen atoms in total. The molecule has 1 aromatic carbocycles. The average Bonchev–Trinajstić information content (AvgIpc) is 2.31. The average molecular weight is 286 g/mol. The zero-order valence-corrected chi connectivity index (χ0v) is 11.3. The lowest BCUT2D eigenvalue weighted by atomic mass is 9.91. The fourth-order valence-electron chi connectivity index (χ4n) is 1.52. The molecule has 1 rings (SSSR count). The number of alkyl halides is 1. The van der Waals surface area contributed by atoms with E-state index >= 15 is 0 Å². The lowest BCUT2D eigenvalue weighted by Crippen LogP contribution is -2.23. The van der Waals surface area contributed by atoms with Gasteiger partial charge in [0, 0.05) is 18.0 Å². The van der Waals surface area contributed by atoms with Crippen LogP contribution in [0.2, 0.25) is 0 Å². The van der Waals surface area contributed by atoms with Crippen molar-refractivity contribution >= 4 is 21.6 Å². The standard InChI is InChI=1S/C12H16BrNO2/c1-12(2,16-3)10-7-5-4-6-9(10)11(8-13)14-15/h4-7,15H,8H2,1-3H3. The SMILES string of the molecule is COC(C)(C)c1ccccc1C(CBr)=NO. The van der Waals surface area contributed by atoms with Crippen molar-refractivity contribution in [3.05, 3.63) is 35.4 Å². The number of benzene rings is 1. The van der Waals surface area contributed by atoms with Gasteiger partial charge in [0.2, 0.25) is 0 Å². The van der Waals surface area contributed by atoms with E-state index in [0.29, 0.717) is 11.0 Å². The summed E-state index contributed by atoms with van der Waals surface area (Å²) < 4.78 is 5.45. The number of methoxy groups -OCH3 is 1. The first-order valence-corrected chi connectivity index (χ1v) is 6.11. The maximum atomic E-state index is 8.96. The van der Waals surface area contributed by atoms with E-state index in [4.69, 9.17) is 9.94 Å². The highest BCUT2D eigenvalue weighted by Gasteiger charge is 2.24. The molecule has 0 aliphatic heterocycles. The topological polar surface area (TPSA) is 41.8 Å². The molecule has 88 valence electrons. The van der Waals surface area contributed by atoms with Gasteiger partial charge in [0.15, 0.2) is 0 Å². The van der Waals surface area contributed by atoms with Crippen molar-refractivity contribution in [3.8, 4) is 0 Å². The van der Waals surface area contributed by atoms with Crippen molar-refractivity contribution in [3.63, 3.8) is 0 Å². The number of ether oxygens (including phenoxy) is 1. The van der Waals surface area contributed by atoms with Gasteiger partial charge in [0.05, 0.1) is 11.3 Å². The normalized spacial score (nSPS) is 12.9. The molecule has 0 aliphatic rings. The van der Waals surface area contributed by atoms with Crippen LogP contribution in [-0.2, 0) is 10.3 Å². The highest BCUT2D eigenvalue weighted by Crippen LogP contribution is 2.27. The second kappa shape index (κ2) is 5.46. The van der Waals surface area contributed by atoms with E-state index in [2.05, 4.69) is 21.1 Å². The van der Waals surface area contributed by atoms with Gasteiger partial charge in [0.1, 0.15) is 0 Å². The first kappa shape index (κ1) is 13.2. The van der Waals surface area contributed by atoms with Crippen LogP contribution in [0, 0.1) is 0 Å². The Balaban J connectivity index is 3.31. The highest BCUT2D eigenvalue weighted by atomic mass is 79.9. The maximum Gasteiger partial charge on any atom is 0.0976 e. The molecule has 1 N–H and O–H groups in total. The Morgan fingerprint density at radius 3 is 2.56 bits per heavy atom. The van der Waals surface area contributed by atoms with Crippen molar-refractivity contribution in [2.24, 2.45) is 5.16 Å². The number of nitrogens with zero attached hydrogens (tertiary/aromatic N) is 1. The zero-order valence-electron chi connectivity index (χ0n) is 9.70. The lowest BCUT2D eigenvalue weighted by Gasteiger charge is -2.26. The molecule has 0 atom stereocenters. The number of hydrogen-bond donors (Lipinski definition) is 1. The van der Waals surface area contributed by atoms with Gasteiger partial charge in [-0.2, -0.15) is 0 Å². The minimum atomic E-state index is -0.408. The quantitative estimate of drug-likeness (QED) is 0.400. The summed E-state index contributed by atoms with van der Waals surface area (Å²) in [5.74, 6) is 0. The summed E-state index contributed by atoms with van der Waals surface area (Å²) in [5, 5.41) is 12.8. The van der Waals surface area contributed by atoms with Crippen molar-refractivity contribution < 1.29 is 9.94 Å². The summed E-state index contributed by atoms with van der Waals surface area (Å²) in [6, 6.07) is 7.76. The summed E-state index contributed by atoms with van der Waals surface area (Å²) >= 11 is 3.30. The van der Waals surface area contributed by atoms with Crippen LogP contribution in [0.15, 0.2) is 29.4 Å². The minimum absolute atomic E-state index is 0.408. The predicted molar refractivity (Wildman–Crippen MR) is 68.6 cm³/mol. The van der Waals surface area contributed by atoms with Crippen LogP contribution in [0.4, 0.5) is 0 Å². The van der Waals surface area contributed by atoms with E-state index < -0.39 is 5.60 Å². The molecule has 0 aliphatic carbocycles. The lowest BCUT2D eigenvalue weighted by molar-refractivity contribution is 0.0191. The van der Waals surface area contributed by atoms with E-state index in [9.17, 15) is 0 Å². The molecule has 0 aromatic heterocycles. The predicted octanol–water partition coefficient (Wildman–Crippen LogP) is 3.14. The van der Waals surface area contributed by atoms with Gasteiger partial charge in [-0.05, 0) is 19.4 Å². The highest BCUT2D eigenvalue weighted by molar-refractivity contribution is 9.09. The summed E-state index contributed by atoms with van der Waals surface area (Å²) in [7, 11) is 1.67. The van der Waals surface area contributed by atoms with Crippen molar-refractivity contribution in [1.29, 1.82) is 0 Å². The van der Waals surface area contributed by atoms with E-state index in [1.165, 1.54) is 0 Å². The summed E-state index contributed by atoms with van der Waals surface area (Å²) in [5.41, 5.74) is 2.09. The van der Waals surface area contributed by atoms with E-state index in [0.717, 1.165) is 11.1 Å². The molecule has 0 saturated heterocycles. The second-order valence-electron chi connectivity index (χ2n) is 3.94. The van der Waals surface area contributed by atoms with Gasteiger partial charge in [-0.1, -0.05) is 45.4 Å². The van der Waals surface area contributed by atoms with Crippen molar-refractivity contribution in [1.82, 2.24) is 0 Å². The van der Waals surface area contributed by atoms with Crippen LogP contribution in [0.5, 0.6) is 0 Å². The van der Waals surface area contributed by atoms with Gasteiger partial charge in [-0.15, -0.1) is 0 Å². The minimum Gasteiger partial charge on any atom is -0.411 e. The largest absolute Gasteiger partial charge is 0.411 e. The number of hydrogen-bond acceptors (Lipinski definition) is 3. The molecule has 0 radical (unpaired) electrons. The summed E-state index contributed by atoms with van der Waals surface area (Å²) in [4.78, 5) is 0. The third-order valence-electron chi connectivity index (χ3n) is 2.64. The van der Waals surface area contributed by atoms with Crippen LogP contribution in [0.3, 0.4) is 0 Å². The van der Waals surface area contributed by atoms with Gasteiger partial charge in [-0.3, -0.25) is 0 Å². The molecular weight excluding hydrogens is 270 g/mol. The molecule has 0 saturated carbocycles. The number of oxime groups is 1. The smallest absolute Gasteiger partial charge is 0.0976 e. The molecule has 0 unspecified atom stereocenters. The Kier molecular flexibility index (Phi) is 4.50. The number of halogens is 1. The van der Waals surface area contributed by atoms with Crippen LogP contribution in [0.1, 0.15) is 25.0 Å². The Hall–Kier alpha value is -0.870. The molecule has 1 aromatic rings. The fraction of sp³-hybridized carbons (Fsp3) is 0.417. The van der Waals surface area contributed by atoms with Crippen LogP contribution in [0.25, 0.3) is 0 Å². The maximum absolute atomic E-state index is 8.96. The monoisotopic (exact) mass is 285 g/mol. The van der Waals surface area contributed by atoms with Crippen LogP contribution < -0.4 is 0 Å². The molecular formula is C12H16BrNO2. The zero-order chi connectivity index (χ0) is 12.2. The molecule has 0 fully saturated rings. The summed E-state index contributed by atoms with van der Waals surface area (Å²) in [6.07, 6.45) is 0. The Labute approximate surface area is 104 Å². The van der Waals surface area contributed by atoms with Gasteiger partial charge >= 0.3 is 0 Å². The third-order valence-corrected chi connectivity index (χ3v) is 3.18. The third kappa shape index (κ3) is 2.62. The van der Waals surface area contributed by atoms with Gasteiger partial charge in [0.25, 0.3) is 0 Å². The first-order valence-electron chi connectivity index (χ1n) is 4.98. The molecule has 4 heteroatoms. The van der Waals surface area contributed by atoms with Gasteiger partial charge in [-0.25, -0.2) is 0 Å². The van der Waals surface area contributed by atoms with Crippen LogP contribution in [-0.4, -0.2) is 23.4 Å². The number of rotatable bonds is 4. The molecule has 0 heterocycles. The Bertz CT molecular complexity index is 388. The summed E-state index contributed by atoms with van der Waals surface area (Å²) in [6.45, 7) is 3.96.